The van der Waals surface area contributed by atoms with E-state index in [9.17, 15) is 14.4 Å². The summed E-state index contributed by atoms with van der Waals surface area (Å²) in [4.78, 5) is 38.1. The van der Waals surface area contributed by atoms with E-state index in [1.807, 2.05) is 13.8 Å². The van der Waals surface area contributed by atoms with Crippen molar-refractivity contribution in [3.63, 3.8) is 0 Å². The van der Waals surface area contributed by atoms with Crippen LogP contribution in [-0.2, 0) is 14.3 Å². The van der Waals surface area contributed by atoms with Gasteiger partial charge in [-0.05, 0) is 33.1 Å². The Morgan fingerprint density at radius 2 is 1.65 bits per heavy atom. The Morgan fingerprint density at radius 3 is 2.04 bits per heavy atom. The van der Waals surface area contributed by atoms with Gasteiger partial charge in [0.1, 0.15) is 11.6 Å². The second-order valence-electron chi connectivity index (χ2n) is 7.14. The number of ether oxygens (including phenoxy) is 1. The fourth-order valence-corrected chi connectivity index (χ4v) is 1.96. The number of carboxylic acids is 1. The molecule has 0 unspecified atom stereocenters. The molecular weight excluding hydrogens is 300 g/mol. The van der Waals surface area contributed by atoms with Crippen LogP contribution in [0.4, 0.5) is 4.79 Å². The van der Waals surface area contributed by atoms with Crippen molar-refractivity contribution in [2.75, 3.05) is 20.6 Å². The third kappa shape index (κ3) is 8.42. The van der Waals surface area contributed by atoms with Crippen molar-refractivity contribution in [1.82, 2.24) is 9.80 Å². The number of aliphatic carboxylic acids is 1. The molecule has 1 N–H and O–H groups in total. The van der Waals surface area contributed by atoms with Gasteiger partial charge in [-0.2, -0.15) is 0 Å². The first kappa shape index (κ1) is 21.2. The molecule has 7 heteroatoms. The van der Waals surface area contributed by atoms with Gasteiger partial charge < -0.3 is 14.7 Å². The molecule has 0 fully saturated rings. The van der Waals surface area contributed by atoms with E-state index in [2.05, 4.69) is 0 Å². The summed E-state index contributed by atoms with van der Waals surface area (Å²) in [5.74, 6) is -1.06. The van der Waals surface area contributed by atoms with Gasteiger partial charge in [-0.25, -0.2) is 4.79 Å². The monoisotopic (exact) mass is 330 g/mol. The van der Waals surface area contributed by atoms with E-state index in [-0.39, 0.29) is 24.8 Å². The van der Waals surface area contributed by atoms with Crippen molar-refractivity contribution in [3.8, 4) is 0 Å². The number of hydrogen-bond acceptors (Lipinski definition) is 4. The maximum atomic E-state index is 12.6. The molecule has 0 spiro atoms. The first-order chi connectivity index (χ1) is 10.3. The van der Waals surface area contributed by atoms with Crippen LogP contribution in [0.15, 0.2) is 0 Å². The predicted octanol–water partition coefficient (Wildman–Crippen LogP) is 2.20. The molecule has 0 saturated heterocycles. The van der Waals surface area contributed by atoms with Crippen molar-refractivity contribution < 1.29 is 24.2 Å². The van der Waals surface area contributed by atoms with Crippen molar-refractivity contribution in [2.24, 2.45) is 5.92 Å². The van der Waals surface area contributed by atoms with E-state index in [1.165, 1.54) is 16.8 Å². The average molecular weight is 330 g/mol. The van der Waals surface area contributed by atoms with Gasteiger partial charge in [-0.3, -0.25) is 14.5 Å². The zero-order valence-electron chi connectivity index (χ0n) is 15.3. The summed E-state index contributed by atoms with van der Waals surface area (Å²) in [6.07, 6.45) is -0.221. The minimum absolute atomic E-state index is 0.102. The summed E-state index contributed by atoms with van der Waals surface area (Å²) < 4.78 is 5.31. The van der Waals surface area contributed by atoms with Gasteiger partial charge in [0.15, 0.2) is 0 Å². The lowest BCUT2D eigenvalue weighted by Gasteiger charge is -2.33. The molecule has 0 saturated carbocycles. The maximum Gasteiger partial charge on any atom is 0.410 e. The number of carbonyl (C=O) groups is 3. The van der Waals surface area contributed by atoms with Gasteiger partial charge in [-0.1, -0.05) is 13.8 Å². The van der Waals surface area contributed by atoms with Crippen LogP contribution >= 0.6 is 0 Å². The Balaban J connectivity index is 5.07. The molecule has 2 amide bonds. The number of carboxylic acid groups (broad SMARTS) is 1. The van der Waals surface area contributed by atoms with E-state index in [0.717, 1.165) is 0 Å². The lowest BCUT2D eigenvalue weighted by Crippen LogP contribution is -2.50. The zero-order chi connectivity index (χ0) is 18.4. The van der Waals surface area contributed by atoms with Crippen LogP contribution in [0.1, 0.15) is 47.5 Å². The third-order valence-corrected chi connectivity index (χ3v) is 3.17. The van der Waals surface area contributed by atoms with Crippen LogP contribution in [0.3, 0.4) is 0 Å². The Morgan fingerprint density at radius 1 is 1.13 bits per heavy atom. The van der Waals surface area contributed by atoms with Crippen LogP contribution in [0, 0.1) is 5.92 Å². The number of rotatable bonds is 7. The molecule has 0 rings (SSSR count). The van der Waals surface area contributed by atoms with Gasteiger partial charge in [0.05, 0.1) is 6.42 Å². The van der Waals surface area contributed by atoms with Crippen molar-refractivity contribution in [3.05, 3.63) is 0 Å². The summed E-state index contributed by atoms with van der Waals surface area (Å²) in [6.45, 7) is 9.30. The van der Waals surface area contributed by atoms with Crippen LogP contribution in [-0.4, -0.2) is 65.2 Å². The van der Waals surface area contributed by atoms with Crippen molar-refractivity contribution in [1.29, 1.82) is 0 Å². The number of carbonyl (C=O) groups excluding carboxylic acids is 2. The highest BCUT2D eigenvalue weighted by atomic mass is 16.6. The third-order valence-electron chi connectivity index (χ3n) is 3.17. The van der Waals surface area contributed by atoms with E-state index in [1.54, 1.807) is 27.8 Å². The lowest BCUT2D eigenvalue weighted by molar-refractivity contribution is -0.139. The lowest BCUT2D eigenvalue weighted by atomic mass is 10.0. The predicted molar refractivity (Wildman–Crippen MR) is 87.1 cm³/mol. The molecule has 1 atom stereocenters. The van der Waals surface area contributed by atoms with Gasteiger partial charge in [0.25, 0.3) is 0 Å². The highest BCUT2D eigenvalue weighted by Gasteiger charge is 2.32. The van der Waals surface area contributed by atoms with E-state index in [0.29, 0.717) is 6.42 Å². The standard InChI is InChI=1S/C16H30N2O5/c1-11(2)10-12(14(21)17(6)9-8-13(19)20)18(7)15(22)23-16(3,4)5/h11-12H,8-10H2,1-7H3,(H,19,20)/t12-/m0/s1. The van der Waals surface area contributed by atoms with E-state index >= 15 is 0 Å². The fourth-order valence-electron chi connectivity index (χ4n) is 1.96. The molecule has 0 bridgehead atoms. The molecule has 0 aliphatic rings. The summed E-state index contributed by atoms with van der Waals surface area (Å²) in [6, 6.07) is -0.677. The Kier molecular flexibility index (Phi) is 8.06. The molecular formula is C16H30N2O5. The Hall–Kier alpha value is -1.79. The topological polar surface area (TPSA) is 87.2 Å². The summed E-state index contributed by atoms with van der Waals surface area (Å²) in [7, 11) is 3.07. The number of likely N-dealkylation sites (N-methyl/N-ethyl adjacent to an activating group) is 2. The number of nitrogens with zero attached hydrogens (tertiary/aromatic N) is 2. The first-order valence-electron chi connectivity index (χ1n) is 7.77. The quantitative estimate of drug-likeness (QED) is 0.773. The van der Waals surface area contributed by atoms with Gasteiger partial charge in [0, 0.05) is 20.6 Å². The molecule has 0 heterocycles. The Bertz CT molecular complexity index is 429. The minimum atomic E-state index is -0.967. The van der Waals surface area contributed by atoms with Crippen LogP contribution in [0.2, 0.25) is 0 Å². The van der Waals surface area contributed by atoms with E-state index in [4.69, 9.17) is 9.84 Å². The minimum Gasteiger partial charge on any atom is -0.481 e. The molecule has 23 heavy (non-hydrogen) atoms. The molecule has 0 aliphatic carbocycles. The average Bonchev–Trinajstić information content (AvgIpc) is 2.38. The van der Waals surface area contributed by atoms with Gasteiger partial charge in [-0.15, -0.1) is 0 Å². The molecule has 0 aromatic rings. The van der Waals surface area contributed by atoms with Crippen LogP contribution < -0.4 is 0 Å². The highest BCUT2D eigenvalue weighted by Crippen LogP contribution is 2.17. The molecule has 134 valence electrons. The Labute approximate surface area is 138 Å². The SMILES string of the molecule is CC(C)C[C@@H](C(=O)N(C)CCC(=O)O)N(C)C(=O)OC(C)(C)C. The zero-order valence-corrected chi connectivity index (χ0v) is 15.3. The highest BCUT2D eigenvalue weighted by molar-refractivity contribution is 5.85. The van der Waals surface area contributed by atoms with E-state index < -0.39 is 23.7 Å². The van der Waals surface area contributed by atoms with Crippen LogP contribution in [0.25, 0.3) is 0 Å². The van der Waals surface area contributed by atoms with Gasteiger partial charge in [0.2, 0.25) is 5.91 Å². The van der Waals surface area contributed by atoms with Gasteiger partial charge >= 0.3 is 12.1 Å². The summed E-state index contributed by atoms with van der Waals surface area (Å²) in [5.41, 5.74) is -0.647. The van der Waals surface area contributed by atoms with Crippen molar-refractivity contribution in [2.45, 2.75) is 59.1 Å². The molecule has 0 aromatic carbocycles. The largest absolute Gasteiger partial charge is 0.481 e. The second-order valence-corrected chi connectivity index (χ2v) is 7.14. The molecule has 0 radical (unpaired) electrons. The fraction of sp³-hybridized carbons (Fsp3) is 0.812. The summed E-state index contributed by atoms with van der Waals surface area (Å²) in [5, 5.41) is 8.73. The molecule has 0 aliphatic heterocycles. The smallest absolute Gasteiger partial charge is 0.410 e. The maximum absolute atomic E-state index is 12.6. The van der Waals surface area contributed by atoms with Crippen molar-refractivity contribution >= 4 is 18.0 Å². The summed E-state index contributed by atoms with van der Waals surface area (Å²) >= 11 is 0. The number of amides is 2. The second kappa shape index (κ2) is 8.74. The molecule has 7 nitrogen and oxygen atoms in total. The van der Waals surface area contributed by atoms with Crippen LogP contribution in [0.5, 0.6) is 0 Å². The molecule has 0 aromatic heterocycles. The normalized spacial score (nSPS) is 12.7. The number of hydrogen-bond donors (Lipinski definition) is 1. The first-order valence-corrected chi connectivity index (χ1v) is 7.77.